The van der Waals surface area contributed by atoms with E-state index in [0.717, 1.165) is 18.4 Å². The molecule has 1 aliphatic carbocycles. The first kappa shape index (κ1) is 32.0. The van der Waals surface area contributed by atoms with Gasteiger partial charge in [-0.1, -0.05) is 42.5 Å². The van der Waals surface area contributed by atoms with Crippen LogP contribution in [0.15, 0.2) is 48.5 Å². The number of nitrogens with two attached hydrogens (primary N) is 1. The largest absolute Gasteiger partial charge is 1.00 e. The summed E-state index contributed by atoms with van der Waals surface area (Å²) < 4.78 is 78.3. The Balaban J connectivity index is 0.00000368. The van der Waals surface area contributed by atoms with Gasteiger partial charge in [-0.2, -0.15) is 13.2 Å². The minimum atomic E-state index is -4.47. The highest BCUT2D eigenvalue weighted by Gasteiger charge is 2.56. The number of fused-ring (bicyclic) bond motifs is 2. The quantitative estimate of drug-likeness (QED) is 0.517. The summed E-state index contributed by atoms with van der Waals surface area (Å²) in [5.41, 5.74) is 1.88. The number of amides is 1. The SMILES string of the molecule is O=C([C@@H]1C[NH2+]C[C@]12COCc1c(OCC(F)(F)F)cccc12)N1CC[C@@H](c2ccccc2)CC1C1CCC(F)(F)CC1.[Cl-]. The number of rotatable bonds is 5. The zero-order valence-electron chi connectivity index (χ0n) is 23.9. The number of carbonyl (C=O) groups excluding carboxylic acids is 1. The number of likely N-dealkylation sites (tertiary alicyclic amines) is 1. The van der Waals surface area contributed by atoms with Crippen LogP contribution < -0.4 is 22.5 Å². The van der Waals surface area contributed by atoms with E-state index in [-0.39, 0.29) is 68.0 Å². The Bertz CT molecular complexity index is 1270. The molecule has 3 aliphatic heterocycles. The monoisotopic (exact) mass is 628 g/mol. The van der Waals surface area contributed by atoms with Gasteiger partial charge in [0.15, 0.2) is 6.61 Å². The van der Waals surface area contributed by atoms with Crippen LogP contribution in [-0.2, 0) is 21.6 Å². The van der Waals surface area contributed by atoms with Crippen LogP contribution >= 0.6 is 0 Å². The number of hydrogen-bond acceptors (Lipinski definition) is 3. The molecule has 3 fully saturated rings. The average molecular weight is 629 g/mol. The normalized spacial score (nSPS) is 29.1. The van der Waals surface area contributed by atoms with Crippen molar-refractivity contribution in [2.45, 2.75) is 74.6 Å². The van der Waals surface area contributed by atoms with Gasteiger partial charge in [-0.25, -0.2) is 8.78 Å². The molecule has 4 atom stereocenters. The molecule has 2 aromatic rings. The highest BCUT2D eigenvalue weighted by atomic mass is 35.5. The molecule has 6 rings (SSSR count). The molecule has 2 saturated heterocycles. The number of carbonyl (C=O) groups is 1. The highest BCUT2D eigenvalue weighted by Crippen LogP contribution is 2.47. The van der Waals surface area contributed by atoms with E-state index in [9.17, 15) is 26.7 Å². The van der Waals surface area contributed by atoms with E-state index in [1.165, 1.54) is 11.6 Å². The van der Waals surface area contributed by atoms with Crippen LogP contribution in [0.1, 0.15) is 61.1 Å². The second kappa shape index (κ2) is 12.5. The highest BCUT2D eigenvalue weighted by molar-refractivity contribution is 5.82. The van der Waals surface area contributed by atoms with Crippen molar-refractivity contribution in [3.05, 3.63) is 65.2 Å². The Morgan fingerprint density at radius 2 is 1.79 bits per heavy atom. The first-order chi connectivity index (χ1) is 20.1. The van der Waals surface area contributed by atoms with Crippen molar-refractivity contribution < 1.29 is 53.9 Å². The van der Waals surface area contributed by atoms with E-state index >= 15 is 0 Å². The maximum Gasteiger partial charge on any atom is 0.422 e. The zero-order valence-corrected chi connectivity index (χ0v) is 24.7. The minimum Gasteiger partial charge on any atom is -1.00 e. The zero-order chi connectivity index (χ0) is 29.5. The van der Waals surface area contributed by atoms with Gasteiger partial charge in [-0.3, -0.25) is 4.79 Å². The number of alkyl halides is 5. The van der Waals surface area contributed by atoms with Gasteiger partial charge in [-0.15, -0.1) is 0 Å². The summed E-state index contributed by atoms with van der Waals surface area (Å²) >= 11 is 0. The number of halogens is 6. The maximum absolute atomic E-state index is 14.6. The Labute approximate surface area is 254 Å². The van der Waals surface area contributed by atoms with Crippen molar-refractivity contribution >= 4 is 5.91 Å². The van der Waals surface area contributed by atoms with Gasteiger partial charge in [0.25, 0.3) is 0 Å². The third-order valence-corrected chi connectivity index (χ3v) is 10.0. The summed E-state index contributed by atoms with van der Waals surface area (Å²) in [6.45, 7) is 0.654. The predicted octanol–water partition coefficient (Wildman–Crippen LogP) is 2.19. The molecule has 2 N–H and O–H groups in total. The topological polar surface area (TPSA) is 55.4 Å². The van der Waals surface area contributed by atoms with E-state index in [4.69, 9.17) is 9.47 Å². The molecular weight excluding hydrogens is 591 g/mol. The Hall–Kier alpha value is -2.43. The minimum absolute atomic E-state index is 0. The second-order valence-electron chi connectivity index (χ2n) is 12.5. The number of benzene rings is 2. The van der Waals surface area contributed by atoms with Gasteiger partial charge in [-0.05, 0) is 54.7 Å². The van der Waals surface area contributed by atoms with Gasteiger partial charge >= 0.3 is 6.18 Å². The molecular formula is C32H38ClF5N2O3. The third kappa shape index (κ3) is 6.52. The van der Waals surface area contributed by atoms with E-state index in [0.29, 0.717) is 38.0 Å². The lowest BCUT2D eigenvalue weighted by atomic mass is 9.68. The van der Waals surface area contributed by atoms with Crippen LogP contribution in [0.5, 0.6) is 5.75 Å². The third-order valence-electron chi connectivity index (χ3n) is 10.0. The van der Waals surface area contributed by atoms with Crippen LogP contribution in [0.3, 0.4) is 0 Å². The molecule has 1 saturated carbocycles. The summed E-state index contributed by atoms with van der Waals surface area (Å²) in [4.78, 5) is 16.5. The van der Waals surface area contributed by atoms with Crippen molar-refractivity contribution in [3.8, 4) is 5.75 Å². The average Bonchev–Trinajstić information content (AvgIpc) is 3.39. The van der Waals surface area contributed by atoms with Crippen LogP contribution in [0.4, 0.5) is 22.0 Å². The summed E-state index contributed by atoms with van der Waals surface area (Å²) in [5, 5.41) is 2.08. The number of piperidine rings is 1. The molecule has 236 valence electrons. The molecule has 43 heavy (non-hydrogen) atoms. The van der Waals surface area contributed by atoms with Crippen LogP contribution in [0, 0.1) is 11.8 Å². The van der Waals surface area contributed by atoms with E-state index < -0.39 is 30.0 Å². The summed E-state index contributed by atoms with van der Waals surface area (Å²) in [6, 6.07) is 15.1. The van der Waals surface area contributed by atoms with Crippen LogP contribution in [0.2, 0.25) is 0 Å². The van der Waals surface area contributed by atoms with E-state index in [2.05, 4.69) is 17.4 Å². The molecule has 5 nitrogen and oxygen atoms in total. The molecule has 2 aromatic carbocycles. The summed E-state index contributed by atoms with van der Waals surface area (Å²) in [7, 11) is 0. The van der Waals surface area contributed by atoms with Gasteiger partial charge in [0, 0.05) is 31.0 Å². The summed E-state index contributed by atoms with van der Waals surface area (Å²) in [5.74, 6) is -2.73. The van der Waals surface area contributed by atoms with Crippen LogP contribution in [-0.4, -0.2) is 61.8 Å². The molecule has 0 aromatic heterocycles. The van der Waals surface area contributed by atoms with E-state index in [1.807, 2.05) is 29.2 Å². The van der Waals surface area contributed by atoms with Crippen LogP contribution in [0.25, 0.3) is 0 Å². The van der Waals surface area contributed by atoms with Crippen molar-refractivity contribution in [3.63, 3.8) is 0 Å². The number of ether oxygens (including phenoxy) is 2. The molecule has 1 spiro atoms. The smallest absolute Gasteiger partial charge is 0.422 e. The fraction of sp³-hybridized carbons (Fsp3) is 0.594. The molecule has 3 heterocycles. The van der Waals surface area contributed by atoms with Gasteiger partial charge < -0.3 is 32.1 Å². The Kier molecular flexibility index (Phi) is 9.31. The van der Waals surface area contributed by atoms with E-state index in [1.54, 1.807) is 6.07 Å². The molecule has 11 heteroatoms. The standard InChI is InChI=1S/C32H37F5N2O3.ClH/c33-31(34)12-9-22(10-13-31)27-15-23(21-5-2-1-3-6-21)11-14-39(27)29(40)26-16-38-18-30(26)19-41-17-24-25(30)7-4-8-28(24)42-20-32(35,36)37;/h1-8,22-23,26-27,38H,9-20H2;1H/t23-,26+,27?,30-;/m1./s1. The maximum atomic E-state index is 14.6. The fourth-order valence-corrected chi connectivity index (χ4v) is 7.95. The van der Waals surface area contributed by atoms with Crippen molar-refractivity contribution in [2.75, 3.05) is 32.8 Å². The molecule has 1 amide bonds. The molecule has 1 unspecified atom stereocenters. The number of nitrogens with zero attached hydrogens (tertiary/aromatic N) is 1. The lowest BCUT2D eigenvalue weighted by Crippen LogP contribution is -3.00. The lowest BCUT2D eigenvalue weighted by Gasteiger charge is -2.47. The Morgan fingerprint density at radius 3 is 2.51 bits per heavy atom. The first-order valence-corrected chi connectivity index (χ1v) is 15.0. The van der Waals surface area contributed by atoms with Gasteiger partial charge in [0.1, 0.15) is 11.7 Å². The lowest BCUT2D eigenvalue weighted by molar-refractivity contribution is -0.640. The van der Waals surface area contributed by atoms with Gasteiger partial charge in [0.2, 0.25) is 11.8 Å². The Morgan fingerprint density at radius 1 is 1.05 bits per heavy atom. The van der Waals surface area contributed by atoms with Gasteiger partial charge in [0.05, 0.1) is 31.7 Å². The number of hydrogen-bond donors (Lipinski definition) is 1. The number of quaternary nitrogens is 1. The summed E-state index contributed by atoms with van der Waals surface area (Å²) in [6.07, 6.45) is -2.49. The first-order valence-electron chi connectivity index (χ1n) is 15.0. The molecule has 0 bridgehead atoms. The van der Waals surface area contributed by atoms with Crippen molar-refractivity contribution in [2.24, 2.45) is 11.8 Å². The molecule has 0 radical (unpaired) electrons. The fourth-order valence-electron chi connectivity index (χ4n) is 7.95. The molecule has 4 aliphatic rings. The van der Waals surface area contributed by atoms with Crippen molar-refractivity contribution in [1.82, 2.24) is 4.90 Å². The van der Waals surface area contributed by atoms with Crippen molar-refractivity contribution in [1.29, 1.82) is 0 Å². The predicted molar refractivity (Wildman–Crippen MR) is 145 cm³/mol. The second-order valence-corrected chi connectivity index (χ2v) is 12.5.